The first-order chi connectivity index (χ1) is 9.10. The Morgan fingerprint density at radius 3 is 3.05 bits per heavy atom. The fourth-order valence-electron chi connectivity index (χ4n) is 2.30. The van der Waals surface area contributed by atoms with Gasteiger partial charge in [0, 0.05) is 35.7 Å². The zero-order chi connectivity index (χ0) is 13.8. The molecule has 0 bridgehead atoms. The summed E-state index contributed by atoms with van der Waals surface area (Å²) >= 11 is 3.40. The van der Waals surface area contributed by atoms with Crippen molar-refractivity contribution in [3.05, 3.63) is 28.2 Å². The number of carbonyl (C=O) groups excluding carboxylic acids is 1. The van der Waals surface area contributed by atoms with Crippen LogP contribution in [-0.4, -0.2) is 43.6 Å². The summed E-state index contributed by atoms with van der Waals surface area (Å²) in [5, 5.41) is 3.34. The van der Waals surface area contributed by atoms with E-state index in [1.54, 1.807) is 7.11 Å². The van der Waals surface area contributed by atoms with E-state index < -0.39 is 0 Å². The van der Waals surface area contributed by atoms with Gasteiger partial charge in [-0.2, -0.15) is 0 Å². The third-order valence-electron chi connectivity index (χ3n) is 3.31. The molecule has 1 aliphatic heterocycles. The van der Waals surface area contributed by atoms with Crippen molar-refractivity contribution < 1.29 is 9.53 Å². The molecule has 1 atom stereocenters. The molecule has 0 saturated carbocycles. The Morgan fingerprint density at radius 2 is 2.37 bits per heavy atom. The van der Waals surface area contributed by atoms with Crippen molar-refractivity contribution >= 4 is 21.8 Å². The lowest BCUT2D eigenvalue weighted by Gasteiger charge is -2.32. The molecule has 0 radical (unpaired) electrons. The van der Waals surface area contributed by atoms with Crippen molar-refractivity contribution in [1.82, 2.24) is 10.2 Å². The van der Waals surface area contributed by atoms with Crippen LogP contribution in [0.25, 0.3) is 0 Å². The van der Waals surface area contributed by atoms with Gasteiger partial charge in [-0.15, -0.1) is 0 Å². The second-order valence-electron chi connectivity index (χ2n) is 4.83. The molecule has 19 heavy (non-hydrogen) atoms. The molecule has 5 heteroatoms. The topological polar surface area (TPSA) is 41.6 Å². The average molecular weight is 327 g/mol. The summed E-state index contributed by atoms with van der Waals surface area (Å²) in [5.74, 6) is 0.917. The maximum atomic E-state index is 12.3. The van der Waals surface area contributed by atoms with Crippen molar-refractivity contribution in [2.24, 2.45) is 0 Å². The summed E-state index contributed by atoms with van der Waals surface area (Å²) in [4.78, 5) is 14.2. The predicted molar refractivity (Wildman–Crippen MR) is 78.4 cm³/mol. The second kappa shape index (κ2) is 6.39. The Morgan fingerprint density at radius 1 is 1.58 bits per heavy atom. The molecule has 1 saturated heterocycles. The minimum atomic E-state index is 0.161. The van der Waals surface area contributed by atoms with Gasteiger partial charge in [-0.1, -0.05) is 22.0 Å². The van der Waals surface area contributed by atoms with E-state index >= 15 is 0 Å². The molecule has 1 amide bonds. The fourth-order valence-corrected chi connectivity index (χ4v) is 2.64. The second-order valence-corrected chi connectivity index (χ2v) is 5.74. The van der Waals surface area contributed by atoms with Crippen LogP contribution in [-0.2, 0) is 11.2 Å². The number of benzene rings is 1. The molecule has 0 aliphatic carbocycles. The Hall–Kier alpha value is -1.07. The number of nitrogens with one attached hydrogen (secondary N) is 1. The van der Waals surface area contributed by atoms with Crippen molar-refractivity contribution in [3.63, 3.8) is 0 Å². The highest BCUT2D eigenvalue weighted by Gasteiger charge is 2.21. The molecular weight excluding hydrogens is 308 g/mol. The summed E-state index contributed by atoms with van der Waals surface area (Å²) in [6.45, 7) is 4.52. The van der Waals surface area contributed by atoms with E-state index in [4.69, 9.17) is 4.74 Å². The van der Waals surface area contributed by atoms with Crippen LogP contribution in [0.5, 0.6) is 5.75 Å². The SMILES string of the molecule is COc1cc(Br)ccc1CC(=O)N1CCNC(C)C1. The van der Waals surface area contributed by atoms with Gasteiger partial charge in [-0.3, -0.25) is 4.79 Å². The standard InChI is InChI=1S/C14H19BrN2O2/c1-10-9-17(6-5-16-10)14(18)7-11-3-4-12(15)8-13(11)19-2/h3-4,8,10,16H,5-7,9H2,1-2H3. The molecule has 1 aromatic rings. The molecule has 0 aromatic heterocycles. The van der Waals surface area contributed by atoms with Crippen molar-refractivity contribution in [2.75, 3.05) is 26.7 Å². The van der Waals surface area contributed by atoms with Gasteiger partial charge in [-0.05, 0) is 19.1 Å². The van der Waals surface area contributed by atoms with E-state index in [9.17, 15) is 4.79 Å². The summed E-state index contributed by atoms with van der Waals surface area (Å²) in [6, 6.07) is 6.13. The van der Waals surface area contributed by atoms with E-state index in [2.05, 4.69) is 28.2 Å². The molecule has 1 N–H and O–H groups in total. The number of hydrogen-bond acceptors (Lipinski definition) is 3. The van der Waals surface area contributed by atoms with Crippen molar-refractivity contribution in [1.29, 1.82) is 0 Å². The number of ether oxygens (including phenoxy) is 1. The fraction of sp³-hybridized carbons (Fsp3) is 0.500. The lowest BCUT2D eigenvalue weighted by Crippen LogP contribution is -2.51. The lowest BCUT2D eigenvalue weighted by atomic mass is 10.1. The molecule has 1 fully saturated rings. The van der Waals surface area contributed by atoms with E-state index in [1.807, 2.05) is 23.1 Å². The number of carbonyl (C=O) groups is 1. The third kappa shape index (κ3) is 3.70. The highest BCUT2D eigenvalue weighted by Crippen LogP contribution is 2.24. The van der Waals surface area contributed by atoms with Gasteiger partial charge in [0.2, 0.25) is 5.91 Å². The molecule has 1 heterocycles. The van der Waals surface area contributed by atoms with Crippen LogP contribution in [0.15, 0.2) is 22.7 Å². The van der Waals surface area contributed by atoms with Gasteiger partial charge in [0.1, 0.15) is 5.75 Å². The molecule has 104 valence electrons. The average Bonchev–Trinajstić information content (AvgIpc) is 2.40. The Kier molecular flexibility index (Phi) is 4.82. The summed E-state index contributed by atoms with van der Waals surface area (Å²) in [5.41, 5.74) is 0.932. The van der Waals surface area contributed by atoms with E-state index in [0.717, 1.165) is 35.4 Å². The van der Waals surface area contributed by atoms with Crippen LogP contribution in [0.4, 0.5) is 0 Å². The van der Waals surface area contributed by atoms with E-state index in [1.165, 1.54) is 0 Å². The highest BCUT2D eigenvalue weighted by atomic mass is 79.9. The first-order valence-corrected chi connectivity index (χ1v) is 7.23. The van der Waals surface area contributed by atoms with Gasteiger partial charge >= 0.3 is 0 Å². The highest BCUT2D eigenvalue weighted by molar-refractivity contribution is 9.10. The maximum Gasteiger partial charge on any atom is 0.227 e. The number of nitrogens with zero attached hydrogens (tertiary/aromatic N) is 1. The predicted octanol–water partition coefficient (Wildman–Crippen LogP) is 1.82. The monoisotopic (exact) mass is 326 g/mol. The summed E-state index contributed by atoms with van der Waals surface area (Å²) in [7, 11) is 1.63. The Bertz CT molecular complexity index is 465. The van der Waals surface area contributed by atoms with Gasteiger partial charge in [-0.25, -0.2) is 0 Å². The lowest BCUT2D eigenvalue weighted by molar-refractivity contribution is -0.131. The van der Waals surface area contributed by atoms with Gasteiger partial charge in [0.05, 0.1) is 13.5 Å². The zero-order valence-corrected chi connectivity index (χ0v) is 12.9. The molecule has 0 spiro atoms. The quantitative estimate of drug-likeness (QED) is 0.921. The number of piperazine rings is 1. The van der Waals surface area contributed by atoms with Gasteiger partial charge in [0.25, 0.3) is 0 Å². The number of methoxy groups -OCH3 is 1. The van der Waals surface area contributed by atoms with Crippen LogP contribution in [0, 0.1) is 0 Å². The smallest absolute Gasteiger partial charge is 0.227 e. The number of amides is 1. The molecule has 1 aliphatic rings. The van der Waals surface area contributed by atoms with Gasteiger partial charge < -0.3 is 15.0 Å². The zero-order valence-electron chi connectivity index (χ0n) is 11.3. The molecule has 1 unspecified atom stereocenters. The largest absolute Gasteiger partial charge is 0.496 e. The summed E-state index contributed by atoms with van der Waals surface area (Å²) < 4.78 is 6.28. The molecule has 4 nitrogen and oxygen atoms in total. The number of rotatable bonds is 3. The molecule has 1 aromatic carbocycles. The number of hydrogen-bond donors (Lipinski definition) is 1. The third-order valence-corrected chi connectivity index (χ3v) is 3.81. The Labute approximate surface area is 122 Å². The van der Waals surface area contributed by atoms with Crippen LogP contribution in [0.3, 0.4) is 0 Å². The number of halogens is 1. The van der Waals surface area contributed by atoms with Crippen LogP contribution in [0.1, 0.15) is 12.5 Å². The molecular formula is C14H19BrN2O2. The maximum absolute atomic E-state index is 12.3. The minimum absolute atomic E-state index is 0.161. The van der Waals surface area contributed by atoms with Crippen LogP contribution in [0.2, 0.25) is 0 Å². The van der Waals surface area contributed by atoms with Crippen LogP contribution >= 0.6 is 15.9 Å². The van der Waals surface area contributed by atoms with Gasteiger partial charge in [0.15, 0.2) is 0 Å². The Balaban J connectivity index is 2.06. The molecule has 2 rings (SSSR count). The normalized spacial score (nSPS) is 19.3. The van der Waals surface area contributed by atoms with Crippen molar-refractivity contribution in [3.8, 4) is 5.75 Å². The van der Waals surface area contributed by atoms with E-state index in [-0.39, 0.29) is 5.91 Å². The minimum Gasteiger partial charge on any atom is -0.496 e. The van der Waals surface area contributed by atoms with E-state index in [0.29, 0.717) is 12.5 Å². The van der Waals surface area contributed by atoms with Crippen LogP contribution < -0.4 is 10.1 Å². The van der Waals surface area contributed by atoms with Crippen molar-refractivity contribution in [2.45, 2.75) is 19.4 Å². The summed E-state index contributed by atoms with van der Waals surface area (Å²) in [6.07, 6.45) is 0.392. The first kappa shape index (κ1) is 14.3. The first-order valence-electron chi connectivity index (χ1n) is 6.43.